The third-order valence-electron chi connectivity index (χ3n) is 4.71. The van der Waals surface area contributed by atoms with Crippen molar-refractivity contribution in [2.45, 2.75) is 6.54 Å². The Morgan fingerprint density at radius 2 is 1.50 bits per heavy atom. The largest absolute Gasteiger partial charge is 0.342 e. The van der Waals surface area contributed by atoms with Crippen LogP contribution in [-0.4, -0.2) is 16.3 Å². The number of hydrogen-bond acceptors (Lipinski definition) is 2. The number of halogens is 3. The van der Waals surface area contributed by atoms with Crippen LogP contribution in [0.15, 0.2) is 72.9 Å². The van der Waals surface area contributed by atoms with E-state index in [1.807, 2.05) is 53.1 Å². The molecule has 0 spiro atoms. The Bertz CT molecular complexity index is 1240. The molecule has 0 saturated carbocycles. The summed E-state index contributed by atoms with van der Waals surface area (Å²) in [6.45, 7) is 0.531. The van der Waals surface area contributed by atoms with E-state index in [4.69, 9.17) is 34.8 Å². The van der Waals surface area contributed by atoms with E-state index in [9.17, 15) is 9.59 Å². The van der Waals surface area contributed by atoms with Gasteiger partial charge in [-0.3, -0.25) is 9.59 Å². The zero-order valence-corrected chi connectivity index (χ0v) is 17.8. The van der Waals surface area contributed by atoms with Crippen molar-refractivity contribution in [3.63, 3.8) is 0 Å². The Morgan fingerprint density at radius 3 is 2.20 bits per heavy atom. The first-order chi connectivity index (χ1) is 14.4. The lowest BCUT2D eigenvalue weighted by Crippen LogP contribution is -2.23. The van der Waals surface area contributed by atoms with E-state index in [2.05, 4.69) is 5.32 Å². The fourth-order valence-corrected chi connectivity index (χ4v) is 3.87. The third kappa shape index (κ3) is 4.08. The first kappa shape index (κ1) is 20.5. The minimum atomic E-state index is -0.806. The average Bonchev–Trinajstić information content (AvgIpc) is 3.10. The molecular weight excluding hydrogens is 443 g/mol. The molecular formula is C23H15Cl3N2O2. The Kier molecular flexibility index (Phi) is 5.82. The second-order valence-corrected chi connectivity index (χ2v) is 7.95. The molecule has 0 aliphatic carbocycles. The van der Waals surface area contributed by atoms with Crippen molar-refractivity contribution in [3.05, 3.63) is 99.1 Å². The molecule has 1 amide bonds. The molecule has 3 aromatic carbocycles. The average molecular weight is 458 g/mol. The molecule has 0 atom stereocenters. The monoisotopic (exact) mass is 456 g/mol. The first-order valence-corrected chi connectivity index (χ1v) is 10.2. The zero-order chi connectivity index (χ0) is 21.3. The van der Waals surface area contributed by atoms with Gasteiger partial charge in [0.1, 0.15) is 0 Å². The third-order valence-corrected chi connectivity index (χ3v) is 5.59. The molecule has 1 aromatic heterocycles. The van der Waals surface area contributed by atoms with E-state index < -0.39 is 11.7 Å². The van der Waals surface area contributed by atoms with E-state index in [1.54, 1.807) is 24.4 Å². The first-order valence-electron chi connectivity index (χ1n) is 9.06. The summed E-state index contributed by atoms with van der Waals surface area (Å²) >= 11 is 18.2. The van der Waals surface area contributed by atoms with Gasteiger partial charge < -0.3 is 9.88 Å². The second kappa shape index (κ2) is 8.52. The summed E-state index contributed by atoms with van der Waals surface area (Å²) in [7, 11) is 0. The highest BCUT2D eigenvalue weighted by molar-refractivity contribution is 6.50. The van der Waals surface area contributed by atoms with E-state index in [1.165, 1.54) is 0 Å². The van der Waals surface area contributed by atoms with E-state index >= 15 is 0 Å². The summed E-state index contributed by atoms with van der Waals surface area (Å²) in [5.74, 6) is -1.48. The maximum Gasteiger partial charge on any atom is 0.296 e. The van der Waals surface area contributed by atoms with Gasteiger partial charge in [0.15, 0.2) is 0 Å². The smallest absolute Gasteiger partial charge is 0.296 e. The molecule has 0 fully saturated rings. The number of hydrogen-bond donors (Lipinski definition) is 1. The normalized spacial score (nSPS) is 10.9. The molecule has 0 unspecified atom stereocenters. The maximum absolute atomic E-state index is 13.0. The number of para-hydroxylation sites is 2. The topological polar surface area (TPSA) is 51.1 Å². The van der Waals surface area contributed by atoms with Crippen molar-refractivity contribution in [2.75, 3.05) is 5.32 Å². The lowest BCUT2D eigenvalue weighted by Gasteiger charge is -2.08. The summed E-state index contributed by atoms with van der Waals surface area (Å²) in [6, 6.07) is 19.7. The van der Waals surface area contributed by atoms with Gasteiger partial charge in [-0.1, -0.05) is 71.2 Å². The number of benzene rings is 3. The molecule has 150 valence electrons. The molecule has 0 aliphatic heterocycles. The molecule has 0 aliphatic rings. The minimum Gasteiger partial charge on any atom is -0.342 e. The Balaban J connectivity index is 1.67. The summed E-state index contributed by atoms with van der Waals surface area (Å²) in [5.41, 5.74) is 2.38. The SMILES string of the molecule is O=C(Nc1c(Cl)cccc1Cl)C(=O)c1cn(Cc2ccc(Cl)cc2)c2ccccc12. The molecule has 0 bridgehead atoms. The summed E-state index contributed by atoms with van der Waals surface area (Å²) in [4.78, 5) is 25.6. The highest BCUT2D eigenvalue weighted by Gasteiger charge is 2.23. The van der Waals surface area contributed by atoms with Crippen molar-refractivity contribution < 1.29 is 9.59 Å². The van der Waals surface area contributed by atoms with Gasteiger partial charge in [-0.15, -0.1) is 0 Å². The molecule has 30 heavy (non-hydrogen) atoms. The van der Waals surface area contributed by atoms with Gasteiger partial charge in [0.25, 0.3) is 11.7 Å². The van der Waals surface area contributed by atoms with Crippen molar-refractivity contribution in [1.29, 1.82) is 0 Å². The Hall–Kier alpha value is -2.79. The maximum atomic E-state index is 13.0. The number of nitrogens with zero attached hydrogens (tertiary/aromatic N) is 1. The molecule has 1 heterocycles. The number of carbonyl (C=O) groups is 2. The highest BCUT2D eigenvalue weighted by atomic mass is 35.5. The predicted octanol–water partition coefficient (Wildman–Crippen LogP) is 6.47. The van der Waals surface area contributed by atoms with Gasteiger partial charge in [-0.2, -0.15) is 0 Å². The van der Waals surface area contributed by atoms with Gasteiger partial charge in [-0.05, 0) is 35.9 Å². The van der Waals surface area contributed by atoms with Crippen LogP contribution in [0.25, 0.3) is 10.9 Å². The van der Waals surface area contributed by atoms with Crippen LogP contribution >= 0.6 is 34.8 Å². The van der Waals surface area contributed by atoms with Crippen molar-refractivity contribution >= 4 is 63.1 Å². The van der Waals surface area contributed by atoms with Crippen molar-refractivity contribution in [2.24, 2.45) is 0 Å². The Morgan fingerprint density at radius 1 is 0.833 bits per heavy atom. The summed E-state index contributed by atoms with van der Waals surface area (Å²) in [6.07, 6.45) is 1.69. The van der Waals surface area contributed by atoms with E-state index in [0.717, 1.165) is 11.1 Å². The molecule has 4 rings (SSSR count). The lowest BCUT2D eigenvalue weighted by molar-refractivity contribution is -0.112. The van der Waals surface area contributed by atoms with Gasteiger partial charge in [0.2, 0.25) is 0 Å². The second-order valence-electron chi connectivity index (χ2n) is 6.69. The van der Waals surface area contributed by atoms with E-state index in [-0.39, 0.29) is 15.7 Å². The summed E-state index contributed by atoms with van der Waals surface area (Å²) in [5, 5.41) is 4.39. The van der Waals surface area contributed by atoms with Gasteiger partial charge in [-0.25, -0.2) is 0 Å². The standard InChI is InChI=1S/C23H15Cl3N2O2/c24-15-10-8-14(9-11-15)12-28-13-17(16-4-1-2-7-20(16)28)22(29)23(30)27-21-18(25)5-3-6-19(21)26/h1-11,13H,12H2,(H,27,30). The molecule has 0 saturated heterocycles. The van der Waals surface area contributed by atoms with E-state index in [0.29, 0.717) is 22.5 Å². The van der Waals surface area contributed by atoms with Gasteiger partial charge >= 0.3 is 0 Å². The van der Waals surface area contributed by atoms with Crippen LogP contribution in [-0.2, 0) is 11.3 Å². The van der Waals surface area contributed by atoms with Crippen LogP contribution in [0, 0.1) is 0 Å². The molecule has 0 radical (unpaired) electrons. The number of carbonyl (C=O) groups excluding carboxylic acids is 2. The van der Waals surface area contributed by atoms with Crippen molar-refractivity contribution in [1.82, 2.24) is 4.57 Å². The fourth-order valence-electron chi connectivity index (χ4n) is 3.25. The number of fused-ring (bicyclic) bond motifs is 1. The number of Topliss-reactive ketones (excluding diaryl/α,β-unsaturated/α-hetero) is 1. The highest BCUT2D eigenvalue weighted by Crippen LogP contribution is 2.30. The number of nitrogens with one attached hydrogen (secondary N) is 1. The number of aromatic nitrogens is 1. The number of rotatable bonds is 5. The Labute approximate surface area is 188 Å². The minimum absolute atomic E-state index is 0.212. The molecule has 4 nitrogen and oxygen atoms in total. The van der Waals surface area contributed by atoms with Gasteiger partial charge in [0, 0.05) is 28.7 Å². The van der Waals surface area contributed by atoms with Crippen molar-refractivity contribution in [3.8, 4) is 0 Å². The van der Waals surface area contributed by atoms with Crippen LogP contribution in [0.1, 0.15) is 15.9 Å². The molecule has 7 heteroatoms. The van der Waals surface area contributed by atoms with Crippen LogP contribution in [0.2, 0.25) is 15.1 Å². The quantitative estimate of drug-likeness (QED) is 0.276. The van der Waals surface area contributed by atoms with Gasteiger partial charge in [0.05, 0.1) is 21.3 Å². The summed E-state index contributed by atoms with van der Waals surface area (Å²) < 4.78 is 1.93. The number of ketones is 1. The predicted molar refractivity (Wildman–Crippen MR) is 122 cm³/mol. The number of amides is 1. The van der Waals surface area contributed by atoms with Crippen LogP contribution in [0.3, 0.4) is 0 Å². The zero-order valence-electron chi connectivity index (χ0n) is 15.5. The van der Waals surface area contributed by atoms with Crippen LogP contribution < -0.4 is 5.32 Å². The molecule has 4 aromatic rings. The lowest BCUT2D eigenvalue weighted by atomic mass is 10.1. The van der Waals surface area contributed by atoms with Crippen LogP contribution in [0.5, 0.6) is 0 Å². The number of anilines is 1. The molecule has 1 N–H and O–H groups in total. The van der Waals surface area contributed by atoms with Crippen LogP contribution in [0.4, 0.5) is 5.69 Å². The fraction of sp³-hybridized carbons (Fsp3) is 0.0435.